The SMILES string of the molecule is CC(CNC(=O)c1ccc(N=Cc2ccccc2)cc1)SCCO. The number of hydrogen-bond acceptors (Lipinski definition) is 4. The molecule has 0 aromatic heterocycles. The summed E-state index contributed by atoms with van der Waals surface area (Å²) in [6.45, 7) is 2.77. The van der Waals surface area contributed by atoms with Crippen molar-refractivity contribution in [1.29, 1.82) is 0 Å². The Morgan fingerprint density at radius 1 is 1.21 bits per heavy atom. The molecule has 0 aliphatic rings. The van der Waals surface area contributed by atoms with Crippen LogP contribution in [0.4, 0.5) is 5.69 Å². The van der Waals surface area contributed by atoms with Crippen LogP contribution in [0.5, 0.6) is 0 Å². The van der Waals surface area contributed by atoms with Gasteiger partial charge in [0, 0.05) is 29.3 Å². The van der Waals surface area contributed by atoms with Gasteiger partial charge in [-0.05, 0) is 29.8 Å². The summed E-state index contributed by atoms with van der Waals surface area (Å²) in [5.41, 5.74) is 2.46. The molecule has 24 heavy (non-hydrogen) atoms. The number of amides is 1. The number of aliphatic hydroxyl groups is 1. The molecule has 2 aromatic carbocycles. The molecule has 2 N–H and O–H groups in total. The Balaban J connectivity index is 1.87. The van der Waals surface area contributed by atoms with E-state index < -0.39 is 0 Å². The summed E-state index contributed by atoms with van der Waals surface area (Å²) >= 11 is 1.64. The number of nitrogens with zero attached hydrogens (tertiary/aromatic N) is 1. The molecule has 2 aromatic rings. The molecular weight excluding hydrogens is 320 g/mol. The number of benzene rings is 2. The van der Waals surface area contributed by atoms with E-state index in [2.05, 4.69) is 10.3 Å². The Kier molecular flexibility index (Phi) is 7.52. The molecule has 126 valence electrons. The van der Waals surface area contributed by atoms with Crippen molar-refractivity contribution >= 4 is 29.6 Å². The van der Waals surface area contributed by atoms with Gasteiger partial charge in [-0.1, -0.05) is 37.3 Å². The molecule has 0 radical (unpaired) electrons. The third kappa shape index (κ3) is 6.18. The fourth-order valence-electron chi connectivity index (χ4n) is 2.04. The van der Waals surface area contributed by atoms with E-state index >= 15 is 0 Å². The molecule has 0 spiro atoms. The van der Waals surface area contributed by atoms with Gasteiger partial charge >= 0.3 is 0 Å². The van der Waals surface area contributed by atoms with Crippen LogP contribution >= 0.6 is 11.8 Å². The first-order valence-corrected chi connectivity index (χ1v) is 8.94. The van der Waals surface area contributed by atoms with Crippen molar-refractivity contribution < 1.29 is 9.90 Å². The number of rotatable bonds is 8. The van der Waals surface area contributed by atoms with Crippen LogP contribution in [0.3, 0.4) is 0 Å². The summed E-state index contributed by atoms with van der Waals surface area (Å²) in [7, 11) is 0. The minimum atomic E-state index is -0.0926. The maximum Gasteiger partial charge on any atom is 0.251 e. The molecule has 0 bridgehead atoms. The van der Waals surface area contributed by atoms with Gasteiger partial charge in [0.1, 0.15) is 0 Å². The van der Waals surface area contributed by atoms with E-state index in [1.165, 1.54) is 0 Å². The first kappa shape index (κ1) is 18.2. The third-order valence-corrected chi connectivity index (χ3v) is 4.49. The smallest absolute Gasteiger partial charge is 0.251 e. The van der Waals surface area contributed by atoms with Crippen LogP contribution in [0, 0.1) is 0 Å². The zero-order valence-electron chi connectivity index (χ0n) is 13.7. The monoisotopic (exact) mass is 342 g/mol. The van der Waals surface area contributed by atoms with Gasteiger partial charge in [0.05, 0.1) is 12.3 Å². The topological polar surface area (TPSA) is 61.7 Å². The normalized spacial score (nSPS) is 12.2. The van der Waals surface area contributed by atoms with Crippen LogP contribution in [0.15, 0.2) is 59.6 Å². The highest BCUT2D eigenvalue weighted by Gasteiger charge is 2.08. The highest BCUT2D eigenvalue weighted by molar-refractivity contribution is 7.99. The zero-order valence-corrected chi connectivity index (χ0v) is 14.5. The fourth-order valence-corrected chi connectivity index (χ4v) is 2.75. The molecular formula is C19H22N2O2S. The second-order valence-electron chi connectivity index (χ2n) is 5.33. The quantitative estimate of drug-likeness (QED) is 0.724. The van der Waals surface area contributed by atoms with Crippen molar-refractivity contribution in [2.45, 2.75) is 12.2 Å². The van der Waals surface area contributed by atoms with Gasteiger partial charge in [0.15, 0.2) is 0 Å². The number of thioether (sulfide) groups is 1. The summed E-state index contributed by atoms with van der Waals surface area (Å²) in [5, 5.41) is 12.0. The van der Waals surface area contributed by atoms with Crippen LogP contribution in [0.1, 0.15) is 22.8 Å². The Morgan fingerprint density at radius 3 is 2.58 bits per heavy atom. The molecule has 0 saturated heterocycles. The number of carbonyl (C=O) groups excluding carboxylic acids is 1. The summed E-state index contributed by atoms with van der Waals surface area (Å²) in [6, 6.07) is 17.1. The lowest BCUT2D eigenvalue weighted by Gasteiger charge is -2.11. The standard InChI is InChI=1S/C19H22N2O2S/c1-15(24-12-11-22)13-21-19(23)17-7-9-18(10-8-17)20-14-16-5-3-2-4-6-16/h2-10,14-15,22H,11-13H2,1H3,(H,21,23). The maximum absolute atomic E-state index is 12.1. The van der Waals surface area contributed by atoms with E-state index in [4.69, 9.17) is 5.11 Å². The molecule has 1 amide bonds. The van der Waals surface area contributed by atoms with Crippen LogP contribution in [0.2, 0.25) is 0 Å². The summed E-state index contributed by atoms with van der Waals surface area (Å²) in [5.74, 6) is 0.593. The molecule has 4 nitrogen and oxygen atoms in total. The van der Waals surface area contributed by atoms with Gasteiger partial charge < -0.3 is 10.4 Å². The molecule has 0 saturated carbocycles. The third-order valence-electron chi connectivity index (χ3n) is 3.34. The van der Waals surface area contributed by atoms with E-state index in [0.717, 1.165) is 11.3 Å². The van der Waals surface area contributed by atoms with E-state index in [-0.39, 0.29) is 17.8 Å². The molecule has 0 fully saturated rings. The van der Waals surface area contributed by atoms with Crippen LogP contribution in [-0.2, 0) is 0 Å². The molecule has 0 heterocycles. The lowest BCUT2D eigenvalue weighted by Crippen LogP contribution is -2.29. The average Bonchev–Trinajstić information content (AvgIpc) is 2.64. The Labute approximate surface area is 147 Å². The summed E-state index contributed by atoms with van der Waals surface area (Å²) in [4.78, 5) is 16.5. The minimum Gasteiger partial charge on any atom is -0.396 e. The van der Waals surface area contributed by atoms with E-state index in [9.17, 15) is 4.79 Å². The van der Waals surface area contributed by atoms with Gasteiger partial charge in [-0.25, -0.2) is 0 Å². The largest absolute Gasteiger partial charge is 0.396 e. The molecule has 1 atom stereocenters. The lowest BCUT2D eigenvalue weighted by molar-refractivity contribution is 0.0954. The van der Waals surface area contributed by atoms with Crippen molar-refractivity contribution in [2.24, 2.45) is 4.99 Å². The average molecular weight is 342 g/mol. The van der Waals surface area contributed by atoms with Gasteiger partial charge in [-0.3, -0.25) is 9.79 Å². The van der Waals surface area contributed by atoms with Crippen molar-refractivity contribution in [3.8, 4) is 0 Å². The van der Waals surface area contributed by atoms with Crippen molar-refractivity contribution in [3.05, 3.63) is 65.7 Å². The second-order valence-corrected chi connectivity index (χ2v) is 6.88. The molecule has 0 aliphatic carbocycles. The Hall–Kier alpha value is -2.11. The van der Waals surface area contributed by atoms with Crippen molar-refractivity contribution in [2.75, 3.05) is 18.9 Å². The predicted octanol–water partition coefficient (Wildman–Crippen LogP) is 3.28. The Bertz CT molecular complexity index is 657. The Morgan fingerprint density at radius 2 is 1.92 bits per heavy atom. The van der Waals surface area contributed by atoms with E-state index in [0.29, 0.717) is 17.9 Å². The first-order chi connectivity index (χ1) is 11.7. The van der Waals surface area contributed by atoms with Gasteiger partial charge in [0.2, 0.25) is 0 Å². The van der Waals surface area contributed by atoms with Gasteiger partial charge in [-0.15, -0.1) is 0 Å². The van der Waals surface area contributed by atoms with Gasteiger partial charge in [0.25, 0.3) is 5.91 Å². The van der Waals surface area contributed by atoms with Crippen molar-refractivity contribution in [3.63, 3.8) is 0 Å². The molecule has 1 unspecified atom stereocenters. The highest BCUT2D eigenvalue weighted by atomic mass is 32.2. The molecule has 5 heteroatoms. The highest BCUT2D eigenvalue weighted by Crippen LogP contribution is 2.14. The van der Waals surface area contributed by atoms with Gasteiger partial charge in [-0.2, -0.15) is 11.8 Å². The van der Waals surface area contributed by atoms with Crippen molar-refractivity contribution in [1.82, 2.24) is 5.32 Å². The number of aliphatic imine (C=N–C) groups is 1. The fraction of sp³-hybridized carbons (Fsp3) is 0.263. The summed E-state index contributed by atoms with van der Waals surface area (Å²) < 4.78 is 0. The second kappa shape index (κ2) is 9.90. The first-order valence-electron chi connectivity index (χ1n) is 7.89. The van der Waals surface area contributed by atoms with E-state index in [1.54, 1.807) is 30.1 Å². The van der Waals surface area contributed by atoms with Crippen LogP contribution in [0.25, 0.3) is 0 Å². The summed E-state index contributed by atoms with van der Waals surface area (Å²) in [6.07, 6.45) is 1.80. The van der Waals surface area contributed by atoms with E-state index in [1.807, 2.05) is 49.4 Å². The minimum absolute atomic E-state index is 0.0926. The maximum atomic E-state index is 12.1. The number of hydrogen-bond donors (Lipinski definition) is 2. The molecule has 2 rings (SSSR count). The number of nitrogens with one attached hydrogen (secondary N) is 1. The van der Waals surface area contributed by atoms with Crippen LogP contribution in [-0.4, -0.2) is 41.4 Å². The lowest BCUT2D eigenvalue weighted by atomic mass is 10.2. The van der Waals surface area contributed by atoms with Crippen LogP contribution < -0.4 is 5.32 Å². The predicted molar refractivity (Wildman–Crippen MR) is 101 cm³/mol. The number of carbonyl (C=O) groups is 1. The number of aliphatic hydroxyl groups excluding tert-OH is 1. The molecule has 0 aliphatic heterocycles. The zero-order chi connectivity index (χ0) is 17.2.